The van der Waals surface area contributed by atoms with Crippen LogP contribution in [0, 0.1) is 0 Å². The second kappa shape index (κ2) is 4.93. The number of hydrogen-bond acceptors (Lipinski definition) is 2. The molecule has 1 aromatic carbocycles. The lowest BCUT2D eigenvalue weighted by Crippen LogP contribution is -2.31. The SMILES string of the molecule is CC(Oc1cccc(Cl)c1CN)C(F)(F)F. The third kappa shape index (κ3) is 3.02. The summed E-state index contributed by atoms with van der Waals surface area (Å²) >= 11 is 5.79. The molecule has 0 aliphatic carbocycles. The van der Waals surface area contributed by atoms with Crippen LogP contribution in [0.5, 0.6) is 5.75 Å². The number of nitrogens with two attached hydrogens (primary N) is 1. The molecule has 90 valence electrons. The van der Waals surface area contributed by atoms with E-state index in [-0.39, 0.29) is 12.3 Å². The summed E-state index contributed by atoms with van der Waals surface area (Å²) in [5.41, 5.74) is 5.77. The molecule has 6 heteroatoms. The Hall–Kier alpha value is -0.940. The van der Waals surface area contributed by atoms with Gasteiger partial charge < -0.3 is 10.5 Å². The first-order valence-corrected chi connectivity index (χ1v) is 4.95. The van der Waals surface area contributed by atoms with E-state index in [0.717, 1.165) is 6.92 Å². The zero-order valence-electron chi connectivity index (χ0n) is 8.51. The van der Waals surface area contributed by atoms with Crippen molar-refractivity contribution in [3.8, 4) is 5.75 Å². The van der Waals surface area contributed by atoms with Crippen molar-refractivity contribution in [2.24, 2.45) is 5.73 Å². The minimum atomic E-state index is -4.41. The fourth-order valence-corrected chi connectivity index (χ4v) is 1.35. The molecule has 0 fully saturated rings. The summed E-state index contributed by atoms with van der Waals surface area (Å²) in [4.78, 5) is 0. The zero-order valence-corrected chi connectivity index (χ0v) is 9.27. The monoisotopic (exact) mass is 253 g/mol. The van der Waals surface area contributed by atoms with Crippen molar-refractivity contribution in [2.45, 2.75) is 25.7 Å². The number of rotatable bonds is 3. The highest BCUT2D eigenvalue weighted by atomic mass is 35.5. The highest BCUT2D eigenvalue weighted by Crippen LogP contribution is 2.30. The van der Waals surface area contributed by atoms with E-state index in [1.807, 2.05) is 0 Å². The van der Waals surface area contributed by atoms with Crippen LogP contribution in [-0.2, 0) is 6.54 Å². The van der Waals surface area contributed by atoms with Crippen LogP contribution in [0.1, 0.15) is 12.5 Å². The molecule has 0 aliphatic rings. The van der Waals surface area contributed by atoms with Gasteiger partial charge in [-0.25, -0.2) is 0 Å². The van der Waals surface area contributed by atoms with Crippen LogP contribution < -0.4 is 10.5 Å². The molecule has 2 nitrogen and oxygen atoms in total. The molecule has 0 saturated carbocycles. The molecule has 1 aromatic rings. The van der Waals surface area contributed by atoms with E-state index < -0.39 is 12.3 Å². The van der Waals surface area contributed by atoms with Crippen molar-refractivity contribution in [3.05, 3.63) is 28.8 Å². The minimum absolute atomic E-state index is 0.0274. The summed E-state index contributed by atoms with van der Waals surface area (Å²) in [6.45, 7) is 0.959. The lowest BCUT2D eigenvalue weighted by molar-refractivity contribution is -0.189. The Kier molecular flexibility index (Phi) is 4.04. The molecule has 0 radical (unpaired) electrons. The molecule has 2 N–H and O–H groups in total. The van der Waals surface area contributed by atoms with Crippen LogP contribution in [0.2, 0.25) is 5.02 Å². The normalized spacial score (nSPS) is 13.6. The van der Waals surface area contributed by atoms with Gasteiger partial charge in [-0.2, -0.15) is 13.2 Å². The molecule has 0 amide bonds. The van der Waals surface area contributed by atoms with Gasteiger partial charge in [0.05, 0.1) is 0 Å². The quantitative estimate of drug-likeness (QED) is 0.898. The van der Waals surface area contributed by atoms with Crippen molar-refractivity contribution in [3.63, 3.8) is 0 Å². The molecule has 0 spiro atoms. The molecule has 0 bridgehead atoms. The fourth-order valence-electron chi connectivity index (χ4n) is 1.10. The largest absolute Gasteiger partial charge is 0.481 e. The van der Waals surface area contributed by atoms with Crippen molar-refractivity contribution in [2.75, 3.05) is 0 Å². The van der Waals surface area contributed by atoms with Gasteiger partial charge in [-0.3, -0.25) is 0 Å². The maximum Gasteiger partial charge on any atom is 0.425 e. The van der Waals surface area contributed by atoms with Gasteiger partial charge in [0.1, 0.15) is 5.75 Å². The van der Waals surface area contributed by atoms with Crippen molar-refractivity contribution in [1.29, 1.82) is 0 Å². The Morgan fingerprint density at radius 1 is 1.44 bits per heavy atom. The van der Waals surface area contributed by atoms with E-state index in [0.29, 0.717) is 10.6 Å². The van der Waals surface area contributed by atoms with Crippen LogP contribution in [0.3, 0.4) is 0 Å². The van der Waals surface area contributed by atoms with Gasteiger partial charge in [0, 0.05) is 17.1 Å². The Balaban J connectivity index is 2.93. The van der Waals surface area contributed by atoms with Crippen LogP contribution in [-0.4, -0.2) is 12.3 Å². The lowest BCUT2D eigenvalue weighted by Gasteiger charge is -2.19. The Labute approximate surface area is 96.1 Å². The number of halogens is 4. The first-order chi connectivity index (χ1) is 7.36. The summed E-state index contributed by atoms with van der Waals surface area (Å²) < 4.78 is 41.6. The van der Waals surface area contributed by atoms with Crippen molar-refractivity contribution in [1.82, 2.24) is 0 Å². The first-order valence-electron chi connectivity index (χ1n) is 4.57. The van der Waals surface area contributed by atoms with Gasteiger partial charge in [0.25, 0.3) is 0 Å². The van der Waals surface area contributed by atoms with Gasteiger partial charge in [-0.1, -0.05) is 17.7 Å². The summed E-state index contributed by atoms with van der Waals surface area (Å²) in [7, 11) is 0. The van der Waals surface area contributed by atoms with Gasteiger partial charge in [0.15, 0.2) is 6.10 Å². The molecule has 1 rings (SSSR count). The van der Waals surface area contributed by atoms with Gasteiger partial charge in [0.2, 0.25) is 0 Å². The predicted molar refractivity (Wildman–Crippen MR) is 55.5 cm³/mol. The predicted octanol–water partition coefficient (Wildman–Crippen LogP) is 3.13. The molecule has 0 aromatic heterocycles. The smallest absolute Gasteiger partial charge is 0.425 e. The molecular weight excluding hydrogens is 243 g/mol. The summed E-state index contributed by atoms with van der Waals surface area (Å²) in [5, 5.41) is 0.300. The third-order valence-electron chi connectivity index (χ3n) is 2.04. The molecule has 0 heterocycles. The highest BCUT2D eigenvalue weighted by molar-refractivity contribution is 6.31. The van der Waals surface area contributed by atoms with E-state index in [9.17, 15) is 13.2 Å². The Morgan fingerprint density at radius 3 is 2.56 bits per heavy atom. The van der Waals surface area contributed by atoms with E-state index in [2.05, 4.69) is 0 Å². The van der Waals surface area contributed by atoms with E-state index >= 15 is 0 Å². The topological polar surface area (TPSA) is 35.2 Å². The standard InChI is InChI=1S/C10H11ClF3NO/c1-6(10(12,13)14)16-9-4-2-3-8(11)7(9)5-15/h2-4,6H,5,15H2,1H3. The minimum Gasteiger partial charge on any atom is -0.481 e. The molecule has 16 heavy (non-hydrogen) atoms. The second-order valence-corrected chi connectivity index (χ2v) is 3.63. The van der Waals surface area contributed by atoms with Crippen LogP contribution >= 0.6 is 11.6 Å². The molecule has 0 saturated heterocycles. The van der Waals surface area contributed by atoms with Crippen molar-refractivity contribution < 1.29 is 17.9 Å². The van der Waals surface area contributed by atoms with E-state index in [1.165, 1.54) is 12.1 Å². The van der Waals surface area contributed by atoms with Gasteiger partial charge >= 0.3 is 6.18 Å². The highest BCUT2D eigenvalue weighted by Gasteiger charge is 2.38. The molecular formula is C10H11ClF3NO. The third-order valence-corrected chi connectivity index (χ3v) is 2.40. The Bertz CT molecular complexity index is 368. The number of ether oxygens (including phenoxy) is 1. The molecule has 1 unspecified atom stereocenters. The summed E-state index contributed by atoms with van der Waals surface area (Å²) in [5.74, 6) is 0.0693. The van der Waals surface area contributed by atoms with Crippen molar-refractivity contribution >= 4 is 11.6 Å². The lowest BCUT2D eigenvalue weighted by atomic mass is 10.2. The molecule has 1 atom stereocenters. The summed E-state index contributed by atoms with van der Waals surface area (Å²) in [6.07, 6.45) is -6.30. The second-order valence-electron chi connectivity index (χ2n) is 3.22. The van der Waals surface area contributed by atoms with E-state index in [4.69, 9.17) is 22.1 Å². The van der Waals surface area contributed by atoms with Gasteiger partial charge in [-0.05, 0) is 19.1 Å². The fraction of sp³-hybridized carbons (Fsp3) is 0.400. The van der Waals surface area contributed by atoms with Crippen LogP contribution in [0.15, 0.2) is 18.2 Å². The average Bonchev–Trinajstić information content (AvgIpc) is 2.16. The number of benzene rings is 1. The maximum atomic E-state index is 12.3. The van der Waals surface area contributed by atoms with Crippen LogP contribution in [0.25, 0.3) is 0 Å². The molecule has 0 aliphatic heterocycles. The summed E-state index contributed by atoms with van der Waals surface area (Å²) in [6, 6.07) is 4.48. The van der Waals surface area contributed by atoms with Gasteiger partial charge in [-0.15, -0.1) is 0 Å². The average molecular weight is 254 g/mol. The maximum absolute atomic E-state index is 12.3. The first kappa shape index (κ1) is 13.1. The number of hydrogen-bond donors (Lipinski definition) is 1. The van der Waals surface area contributed by atoms with E-state index in [1.54, 1.807) is 6.07 Å². The number of alkyl halides is 3. The van der Waals surface area contributed by atoms with Crippen LogP contribution in [0.4, 0.5) is 13.2 Å². The zero-order chi connectivity index (χ0) is 12.3. The Morgan fingerprint density at radius 2 is 2.06 bits per heavy atom.